The van der Waals surface area contributed by atoms with Crippen LogP contribution in [0, 0.1) is 23.3 Å². The highest BCUT2D eigenvalue weighted by molar-refractivity contribution is 5.82. The molecule has 0 aromatic heterocycles. The van der Waals surface area contributed by atoms with Crippen molar-refractivity contribution in [3.63, 3.8) is 0 Å². The molecule has 2 aromatic rings. The number of carbonyl (C=O) groups is 2. The Bertz CT molecular complexity index is 1070. The number of nitrogens with one attached hydrogen (secondary N) is 2. The second-order valence-electron chi connectivity index (χ2n) is 8.85. The van der Waals surface area contributed by atoms with Crippen LogP contribution < -0.4 is 10.6 Å². The average Bonchev–Trinajstić information content (AvgIpc) is 3.36. The molecule has 1 saturated carbocycles. The fraction of sp³-hybridized carbons (Fsp3) is 0.417. The summed E-state index contributed by atoms with van der Waals surface area (Å²) in [4.78, 5) is 26.4. The molecule has 5 nitrogen and oxygen atoms in total. The molecule has 4 rings (SSSR count). The Hall–Kier alpha value is -3.10. The summed E-state index contributed by atoms with van der Waals surface area (Å²) in [6.07, 6.45) is 2.88. The number of likely N-dealkylation sites (tertiary alicyclic amines) is 1. The number of urea groups is 1. The molecule has 1 aliphatic heterocycles. The number of nitrogens with zero attached hydrogens (tertiary/aromatic N) is 1. The molecule has 1 aliphatic carbocycles. The topological polar surface area (TPSA) is 61.4 Å². The Morgan fingerprint density at radius 2 is 1.79 bits per heavy atom. The minimum absolute atomic E-state index is 0.00273. The molecule has 9 heteroatoms. The molecule has 2 aliphatic rings. The van der Waals surface area contributed by atoms with Gasteiger partial charge >= 0.3 is 6.03 Å². The van der Waals surface area contributed by atoms with E-state index >= 15 is 0 Å². The van der Waals surface area contributed by atoms with Crippen molar-refractivity contribution in [1.82, 2.24) is 15.5 Å². The van der Waals surface area contributed by atoms with E-state index in [0.717, 1.165) is 31.0 Å². The predicted octanol–water partition coefficient (Wildman–Crippen LogP) is 4.33. The summed E-state index contributed by atoms with van der Waals surface area (Å²) in [6.45, 7) is 0.103. The third-order valence-corrected chi connectivity index (χ3v) is 6.86. The molecule has 3 amide bonds. The van der Waals surface area contributed by atoms with E-state index in [9.17, 15) is 27.2 Å². The number of hydrogen-bond donors (Lipinski definition) is 2. The first kappa shape index (κ1) is 23.1. The molecule has 2 fully saturated rings. The highest BCUT2D eigenvalue weighted by Gasteiger charge is 2.41. The van der Waals surface area contributed by atoms with Crippen LogP contribution in [0.5, 0.6) is 0 Å². The van der Waals surface area contributed by atoms with Crippen molar-refractivity contribution in [1.29, 1.82) is 0 Å². The lowest BCUT2D eigenvalue weighted by Gasteiger charge is -2.31. The Balaban J connectivity index is 1.48. The van der Waals surface area contributed by atoms with E-state index in [4.69, 9.17) is 0 Å². The molecular formula is C24H25F4N3O2. The molecule has 1 heterocycles. The van der Waals surface area contributed by atoms with Crippen molar-refractivity contribution in [3.8, 4) is 0 Å². The van der Waals surface area contributed by atoms with Crippen LogP contribution in [0.3, 0.4) is 0 Å². The maximum Gasteiger partial charge on any atom is 0.315 e. The first-order chi connectivity index (χ1) is 15.7. The Morgan fingerprint density at radius 3 is 2.48 bits per heavy atom. The summed E-state index contributed by atoms with van der Waals surface area (Å²) < 4.78 is 55.5. The number of halogens is 4. The van der Waals surface area contributed by atoms with Crippen LogP contribution in [0.4, 0.5) is 22.4 Å². The zero-order valence-electron chi connectivity index (χ0n) is 18.1. The summed E-state index contributed by atoms with van der Waals surface area (Å²) in [5, 5.41) is 5.50. The van der Waals surface area contributed by atoms with E-state index in [1.54, 1.807) is 6.07 Å². The lowest BCUT2D eigenvalue weighted by molar-refractivity contribution is -0.127. The number of carbonyl (C=O) groups excluding carboxylic acids is 2. The Morgan fingerprint density at radius 1 is 1.06 bits per heavy atom. The molecule has 176 valence electrons. The van der Waals surface area contributed by atoms with Gasteiger partial charge in [-0.05, 0) is 42.2 Å². The lowest BCUT2D eigenvalue weighted by Crippen LogP contribution is -2.48. The number of likely N-dealkylation sites (N-methyl/N-ethyl adjacent to an activating group) is 1. The van der Waals surface area contributed by atoms with Gasteiger partial charge in [0, 0.05) is 25.4 Å². The minimum Gasteiger partial charge on any atom is -0.337 e. The van der Waals surface area contributed by atoms with Crippen LogP contribution in [0.15, 0.2) is 36.4 Å². The van der Waals surface area contributed by atoms with Crippen molar-refractivity contribution < 1.29 is 27.2 Å². The van der Waals surface area contributed by atoms with Gasteiger partial charge < -0.3 is 15.5 Å². The highest BCUT2D eigenvalue weighted by Crippen LogP contribution is 2.42. The fourth-order valence-electron chi connectivity index (χ4n) is 5.13. The molecule has 0 spiro atoms. The minimum atomic E-state index is -1.04. The van der Waals surface area contributed by atoms with Crippen LogP contribution in [0.1, 0.15) is 49.3 Å². The first-order valence-corrected chi connectivity index (χ1v) is 10.9. The van der Waals surface area contributed by atoms with Gasteiger partial charge in [-0.2, -0.15) is 0 Å². The molecule has 33 heavy (non-hydrogen) atoms. The normalized spacial score (nSPS) is 22.0. The molecule has 0 bridgehead atoms. The first-order valence-electron chi connectivity index (χ1n) is 10.9. The SMILES string of the molecule is CN1C(=O)C[C@H](NC(=O)NCC2(c3cccc(F)c3F)CCCC2)[C@H]1c1ccc(F)c(F)c1. The van der Waals surface area contributed by atoms with Gasteiger partial charge in [0.15, 0.2) is 23.3 Å². The molecule has 1 saturated heterocycles. The molecular weight excluding hydrogens is 438 g/mol. The van der Waals surface area contributed by atoms with Crippen LogP contribution in [0.2, 0.25) is 0 Å². The maximum absolute atomic E-state index is 14.5. The van der Waals surface area contributed by atoms with E-state index in [1.165, 1.54) is 24.1 Å². The fourth-order valence-corrected chi connectivity index (χ4v) is 5.13. The Kier molecular flexibility index (Phi) is 6.32. The van der Waals surface area contributed by atoms with Crippen LogP contribution in [0.25, 0.3) is 0 Å². The summed E-state index contributed by atoms with van der Waals surface area (Å²) in [7, 11) is 1.54. The predicted molar refractivity (Wildman–Crippen MR) is 113 cm³/mol. The standard InChI is InChI=1S/C24H25F4N3O2/c1-31-20(32)12-19(22(31)14-7-8-16(25)18(27)11-14)30-23(33)29-13-24(9-2-3-10-24)15-5-4-6-17(26)21(15)28/h4-8,11,19,22H,2-3,9-10,12-13H2,1H3,(H2,29,30,33)/t19-,22+/m0/s1. The second kappa shape index (κ2) is 9.03. The van der Waals surface area contributed by atoms with E-state index < -0.39 is 46.8 Å². The van der Waals surface area contributed by atoms with Crippen molar-refractivity contribution in [2.24, 2.45) is 0 Å². The van der Waals surface area contributed by atoms with Crippen molar-refractivity contribution in [2.75, 3.05) is 13.6 Å². The van der Waals surface area contributed by atoms with E-state index in [-0.39, 0.29) is 24.4 Å². The number of benzene rings is 2. The van der Waals surface area contributed by atoms with Gasteiger partial charge in [0.1, 0.15) is 0 Å². The summed E-state index contributed by atoms with van der Waals surface area (Å²) in [5.74, 6) is -4.11. The zero-order chi connectivity index (χ0) is 23.8. The van der Waals surface area contributed by atoms with E-state index in [2.05, 4.69) is 10.6 Å². The third kappa shape index (κ3) is 4.41. The molecule has 2 atom stereocenters. The van der Waals surface area contributed by atoms with Gasteiger partial charge in [-0.15, -0.1) is 0 Å². The van der Waals surface area contributed by atoms with E-state index in [0.29, 0.717) is 18.4 Å². The Labute approximate surface area is 189 Å². The summed E-state index contributed by atoms with van der Waals surface area (Å²) in [5.41, 5.74) is -0.108. The summed E-state index contributed by atoms with van der Waals surface area (Å²) in [6, 6.07) is 5.54. The number of hydrogen-bond acceptors (Lipinski definition) is 2. The number of amides is 3. The maximum atomic E-state index is 14.5. The third-order valence-electron chi connectivity index (χ3n) is 6.86. The van der Waals surface area contributed by atoms with Crippen molar-refractivity contribution in [3.05, 3.63) is 70.8 Å². The molecule has 2 N–H and O–H groups in total. The van der Waals surface area contributed by atoms with Gasteiger partial charge in [0.2, 0.25) is 5.91 Å². The van der Waals surface area contributed by atoms with Gasteiger partial charge in [-0.3, -0.25) is 4.79 Å². The van der Waals surface area contributed by atoms with E-state index in [1.807, 2.05) is 0 Å². The van der Waals surface area contributed by atoms with Crippen molar-refractivity contribution in [2.45, 2.75) is 49.6 Å². The van der Waals surface area contributed by atoms with Gasteiger partial charge in [-0.25, -0.2) is 22.4 Å². The molecule has 0 radical (unpaired) electrons. The highest BCUT2D eigenvalue weighted by atomic mass is 19.2. The molecule has 0 unspecified atom stereocenters. The molecule has 2 aromatic carbocycles. The zero-order valence-corrected chi connectivity index (χ0v) is 18.1. The largest absolute Gasteiger partial charge is 0.337 e. The number of rotatable bonds is 5. The van der Waals surface area contributed by atoms with Crippen molar-refractivity contribution >= 4 is 11.9 Å². The van der Waals surface area contributed by atoms with Gasteiger partial charge in [0.25, 0.3) is 0 Å². The smallest absolute Gasteiger partial charge is 0.315 e. The average molecular weight is 463 g/mol. The van der Waals surface area contributed by atoms with Gasteiger partial charge in [-0.1, -0.05) is 31.0 Å². The van der Waals surface area contributed by atoms with Crippen LogP contribution >= 0.6 is 0 Å². The van der Waals surface area contributed by atoms with Crippen LogP contribution in [-0.2, 0) is 10.2 Å². The summed E-state index contributed by atoms with van der Waals surface area (Å²) >= 11 is 0. The quantitative estimate of drug-likeness (QED) is 0.649. The second-order valence-corrected chi connectivity index (χ2v) is 8.85. The monoisotopic (exact) mass is 463 g/mol. The van der Waals surface area contributed by atoms with Crippen LogP contribution in [-0.4, -0.2) is 36.5 Å². The lowest BCUT2D eigenvalue weighted by atomic mass is 9.78. The van der Waals surface area contributed by atoms with Gasteiger partial charge in [0.05, 0.1) is 12.1 Å².